The average molecular weight is 488 g/mol. The summed E-state index contributed by atoms with van der Waals surface area (Å²) in [6, 6.07) is 19.8. The maximum atomic E-state index is 12.2. The third-order valence-corrected chi connectivity index (χ3v) is 5.82. The van der Waals surface area contributed by atoms with Crippen LogP contribution < -0.4 is 20.7 Å². The summed E-state index contributed by atoms with van der Waals surface area (Å²) in [6.07, 6.45) is 0.477. The second-order valence-electron chi connectivity index (χ2n) is 7.13. The number of nitrogens with one attached hydrogen (secondary N) is 2. The van der Waals surface area contributed by atoms with Gasteiger partial charge >= 0.3 is 0 Å². The Morgan fingerprint density at radius 2 is 1.45 bits per heavy atom. The number of nitrogens with two attached hydrogens (primary N) is 1. The van der Waals surface area contributed by atoms with Crippen LogP contribution in [0.15, 0.2) is 77.7 Å². The van der Waals surface area contributed by atoms with Crippen LogP contribution in [0.25, 0.3) is 0 Å². The molecule has 0 aliphatic carbocycles. The van der Waals surface area contributed by atoms with Crippen molar-refractivity contribution in [2.24, 2.45) is 5.14 Å². The number of halogens is 1. The van der Waals surface area contributed by atoms with Gasteiger partial charge < -0.3 is 4.74 Å². The summed E-state index contributed by atoms with van der Waals surface area (Å²) in [5, 5.41) is 5.68. The quantitative estimate of drug-likeness (QED) is 0.421. The van der Waals surface area contributed by atoms with Gasteiger partial charge in [0.1, 0.15) is 12.4 Å². The summed E-state index contributed by atoms with van der Waals surface area (Å²) in [4.78, 5) is 24.3. The molecular formula is C23H22ClN3O5S. The predicted molar refractivity (Wildman–Crippen MR) is 124 cm³/mol. The van der Waals surface area contributed by atoms with Crippen LogP contribution in [-0.2, 0) is 27.8 Å². The Labute approximate surface area is 196 Å². The Balaban J connectivity index is 1.42. The maximum absolute atomic E-state index is 12.2. The lowest BCUT2D eigenvalue weighted by Gasteiger charge is -2.09. The molecule has 0 spiro atoms. The molecule has 3 aromatic rings. The minimum absolute atomic E-state index is 0.00512. The summed E-state index contributed by atoms with van der Waals surface area (Å²) in [5.74, 6) is -0.151. The van der Waals surface area contributed by atoms with Gasteiger partial charge in [-0.2, -0.15) is 0 Å². The molecule has 0 aliphatic heterocycles. The topological polar surface area (TPSA) is 128 Å². The van der Waals surface area contributed by atoms with E-state index in [0.29, 0.717) is 29.4 Å². The van der Waals surface area contributed by atoms with Crippen molar-refractivity contribution in [3.05, 3.63) is 94.5 Å². The third kappa shape index (κ3) is 7.60. The number of amides is 2. The lowest BCUT2D eigenvalue weighted by molar-refractivity contribution is -0.121. The zero-order valence-electron chi connectivity index (χ0n) is 17.5. The van der Waals surface area contributed by atoms with Gasteiger partial charge in [-0.25, -0.2) is 13.6 Å². The van der Waals surface area contributed by atoms with Gasteiger partial charge in [0, 0.05) is 17.0 Å². The minimum atomic E-state index is -3.75. The van der Waals surface area contributed by atoms with E-state index < -0.39 is 15.9 Å². The van der Waals surface area contributed by atoms with Gasteiger partial charge in [0.05, 0.1) is 4.90 Å². The van der Waals surface area contributed by atoms with Crippen molar-refractivity contribution < 1.29 is 22.7 Å². The van der Waals surface area contributed by atoms with Crippen molar-refractivity contribution in [2.45, 2.75) is 24.3 Å². The fourth-order valence-corrected chi connectivity index (χ4v) is 3.46. The van der Waals surface area contributed by atoms with Gasteiger partial charge in [0.2, 0.25) is 15.9 Å². The van der Waals surface area contributed by atoms with E-state index in [1.807, 2.05) is 0 Å². The Morgan fingerprint density at radius 1 is 0.848 bits per heavy atom. The number of rotatable bonds is 8. The molecule has 0 aromatic heterocycles. The van der Waals surface area contributed by atoms with Gasteiger partial charge in [-0.1, -0.05) is 35.9 Å². The number of sulfonamides is 1. The third-order valence-electron chi connectivity index (χ3n) is 4.64. The van der Waals surface area contributed by atoms with Crippen molar-refractivity contribution in [1.29, 1.82) is 0 Å². The lowest BCUT2D eigenvalue weighted by atomic mass is 10.1. The molecule has 0 heterocycles. The van der Waals surface area contributed by atoms with Crippen molar-refractivity contribution >= 4 is 33.4 Å². The highest BCUT2D eigenvalue weighted by atomic mass is 35.5. The molecule has 0 unspecified atom stereocenters. The standard InChI is InChI=1S/C23H22ClN3O5S/c24-19-8-10-20(11-9-19)32-15-17-1-6-18(7-2-17)23(29)27-26-22(28)14-5-16-3-12-21(13-4-16)33(25,30)31/h1-4,6-13H,5,14-15H2,(H,26,28)(H,27,29)(H2,25,30,31). The summed E-state index contributed by atoms with van der Waals surface area (Å²) < 4.78 is 28.2. The van der Waals surface area contributed by atoms with E-state index in [0.717, 1.165) is 11.1 Å². The van der Waals surface area contributed by atoms with Crippen LogP contribution in [0.2, 0.25) is 5.02 Å². The van der Waals surface area contributed by atoms with Gasteiger partial charge in [0.15, 0.2) is 0 Å². The van der Waals surface area contributed by atoms with E-state index in [1.165, 1.54) is 12.1 Å². The van der Waals surface area contributed by atoms with Crippen LogP contribution in [0.5, 0.6) is 5.75 Å². The molecular weight excluding hydrogens is 466 g/mol. The van der Waals surface area contributed by atoms with E-state index >= 15 is 0 Å². The number of hydrogen-bond acceptors (Lipinski definition) is 5. The fourth-order valence-electron chi connectivity index (χ4n) is 2.81. The number of aryl methyl sites for hydroxylation is 1. The second-order valence-corrected chi connectivity index (χ2v) is 9.13. The highest BCUT2D eigenvalue weighted by Gasteiger charge is 2.10. The zero-order valence-corrected chi connectivity index (χ0v) is 19.0. The SMILES string of the molecule is NS(=O)(=O)c1ccc(CCC(=O)NNC(=O)c2ccc(COc3ccc(Cl)cc3)cc2)cc1. The summed E-state index contributed by atoms with van der Waals surface area (Å²) in [5.41, 5.74) is 6.75. The molecule has 2 amide bonds. The van der Waals surface area contributed by atoms with Crippen LogP contribution in [0.1, 0.15) is 27.9 Å². The first-order valence-corrected chi connectivity index (χ1v) is 11.8. The van der Waals surface area contributed by atoms with Gasteiger partial charge in [-0.05, 0) is 66.1 Å². The van der Waals surface area contributed by atoms with Crippen LogP contribution in [-0.4, -0.2) is 20.2 Å². The predicted octanol–water partition coefficient (Wildman–Crippen LogP) is 2.96. The molecule has 172 valence electrons. The minimum Gasteiger partial charge on any atom is -0.489 e. The largest absolute Gasteiger partial charge is 0.489 e. The van der Waals surface area contributed by atoms with E-state index in [9.17, 15) is 18.0 Å². The monoisotopic (exact) mass is 487 g/mol. The zero-order chi connectivity index (χ0) is 23.8. The number of hydrazine groups is 1. The average Bonchev–Trinajstić information content (AvgIpc) is 2.81. The highest BCUT2D eigenvalue weighted by molar-refractivity contribution is 7.89. The first-order valence-electron chi connectivity index (χ1n) is 9.89. The summed E-state index contributed by atoms with van der Waals surface area (Å²) in [6.45, 7) is 0.332. The molecule has 0 fully saturated rings. The second kappa shape index (κ2) is 11.0. The van der Waals surface area contributed by atoms with E-state index in [2.05, 4.69) is 10.9 Å². The van der Waals surface area contributed by atoms with Crippen molar-refractivity contribution in [3.8, 4) is 5.75 Å². The van der Waals surface area contributed by atoms with E-state index in [-0.39, 0.29) is 17.2 Å². The number of benzene rings is 3. The Hall–Kier alpha value is -3.40. The molecule has 0 bridgehead atoms. The van der Waals surface area contributed by atoms with Crippen molar-refractivity contribution in [1.82, 2.24) is 10.9 Å². The molecule has 3 aromatic carbocycles. The Morgan fingerprint density at radius 3 is 2.06 bits per heavy atom. The molecule has 3 rings (SSSR count). The summed E-state index contributed by atoms with van der Waals surface area (Å²) in [7, 11) is -3.75. The van der Waals surface area contributed by atoms with Gasteiger partial charge in [-0.15, -0.1) is 0 Å². The number of carbonyl (C=O) groups excluding carboxylic acids is 2. The number of carbonyl (C=O) groups is 2. The smallest absolute Gasteiger partial charge is 0.269 e. The molecule has 0 atom stereocenters. The van der Waals surface area contributed by atoms with E-state index in [1.54, 1.807) is 60.7 Å². The van der Waals surface area contributed by atoms with Crippen LogP contribution in [0.3, 0.4) is 0 Å². The van der Waals surface area contributed by atoms with Crippen molar-refractivity contribution in [2.75, 3.05) is 0 Å². The molecule has 8 nitrogen and oxygen atoms in total. The molecule has 0 saturated carbocycles. The Bertz CT molecular complexity index is 1210. The molecule has 0 saturated heterocycles. The molecule has 33 heavy (non-hydrogen) atoms. The molecule has 0 aliphatic rings. The van der Waals surface area contributed by atoms with Crippen molar-refractivity contribution in [3.63, 3.8) is 0 Å². The Kier molecular flexibility index (Phi) is 8.05. The maximum Gasteiger partial charge on any atom is 0.269 e. The van der Waals surface area contributed by atoms with Gasteiger partial charge in [0.25, 0.3) is 5.91 Å². The first kappa shape index (κ1) is 24.2. The molecule has 4 N–H and O–H groups in total. The van der Waals surface area contributed by atoms with Crippen LogP contribution in [0, 0.1) is 0 Å². The molecule has 0 radical (unpaired) electrons. The van der Waals surface area contributed by atoms with Crippen LogP contribution in [0.4, 0.5) is 0 Å². The van der Waals surface area contributed by atoms with Gasteiger partial charge in [-0.3, -0.25) is 20.4 Å². The molecule has 10 heteroatoms. The number of primary sulfonamides is 1. The lowest BCUT2D eigenvalue weighted by Crippen LogP contribution is -2.41. The number of hydrogen-bond donors (Lipinski definition) is 3. The normalized spacial score (nSPS) is 11.0. The van der Waals surface area contributed by atoms with E-state index in [4.69, 9.17) is 21.5 Å². The summed E-state index contributed by atoms with van der Waals surface area (Å²) >= 11 is 5.84. The highest BCUT2D eigenvalue weighted by Crippen LogP contribution is 2.17. The fraction of sp³-hybridized carbons (Fsp3) is 0.130. The number of ether oxygens (including phenoxy) is 1. The van der Waals surface area contributed by atoms with Crippen LogP contribution >= 0.6 is 11.6 Å². The first-order chi connectivity index (χ1) is 15.7.